The molecule has 0 aliphatic carbocycles. The van der Waals surface area contributed by atoms with Crippen molar-refractivity contribution in [3.05, 3.63) is 47.3 Å². The van der Waals surface area contributed by atoms with Crippen LogP contribution in [0.5, 0.6) is 11.6 Å². The molecular formula is C16H14FN3O5S. The number of carboxylic acid groups (broad SMARTS) is 1. The molecule has 1 aromatic carbocycles. The van der Waals surface area contributed by atoms with Gasteiger partial charge in [0.15, 0.2) is 21.4 Å². The normalized spacial score (nSPS) is 11.7. The summed E-state index contributed by atoms with van der Waals surface area (Å²) in [5, 5.41) is 9.20. The smallest absolute Gasteiger partial charge is 0.338 e. The molecule has 26 heavy (non-hydrogen) atoms. The van der Waals surface area contributed by atoms with Gasteiger partial charge in [-0.3, -0.25) is 0 Å². The van der Waals surface area contributed by atoms with Crippen molar-refractivity contribution in [3.63, 3.8) is 0 Å². The minimum absolute atomic E-state index is 0.00944. The number of sulfone groups is 1. The predicted molar refractivity (Wildman–Crippen MR) is 90.6 cm³/mol. The Balaban J connectivity index is 2.02. The van der Waals surface area contributed by atoms with Crippen LogP contribution in [0.3, 0.4) is 0 Å². The zero-order valence-electron chi connectivity index (χ0n) is 13.8. The van der Waals surface area contributed by atoms with E-state index in [0.717, 1.165) is 6.26 Å². The second-order valence-electron chi connectivity index (χ2n) is 5.71. The van der Waals surface area contributed by atoms with Crippen LogP contribution in [-0.2, 0) is 15.6 Å². The molecule has 136 valence electrons. The molecule has 3 rings (SSSR count). The Morgan fingerprint density at radius 2 is 2.08 bits per heavy atom. The molecule has 0 fully saturated rings. The second kappa shape index (κ2) is 6.37. The number of carboxylic acids is 1. The molecule has 2 aromatic heterocycles. The van der Waals surface area contributed by atoms with Crippen LogP contribution in [0.25, 0.3) is 10.9 Å². The van der Waals surface area contributed by atoms with E-state index in [1.165, 1.54) is 31.3 Å². The van der Waals surface area contributed by atoms with Gasteiger partial charge in [0, 0.05) is 29.7 Å². The fourth-order valence-electron chi connectivity index (χ4n) is 2.56. The lowest BCUT2D eigenvalue weighted by Crippen LogP contribution is -2.05. The van der Waals surface area contributed by atoms with E-state index < -0.39 is 21.6 Å². The number of ether oxygens (including phenoxy) is 1. The Labute approximate surface area is 147 Å². The van der Waals surface area contributed by atoms with E-state index in [4.69, 9.17) is 4.74 Å². The van der Waals surface area contributed by atoms with Crippen LogP contribution in [0.15, 0.2) is 24.4 Å². The third-order valence-electron chi connectivity index (χ3n) is 3.55. The Bertz CT molecular complexity index is 1120. The van der Waals surface area contributed by atoms with Crippen LogP contribution < -0.4 is 4.74 Å². The van der Waals surface area contributed by atoms with Gasteiger partial charge in [0.1, 0.15) is 11.6 Å². The minimum Gasteiger partial charge on any atom is -0.478 e. The third kappa shape index (κ3) is 3.49. The number of benzene rings is 1. The Kier molecular flexibility index (Phi) is 4.36. The van der Waals surface area contributed by atoms with Crippen molar-refractivity contribution in [2.24, 2.45) is 0 Å². The third-order valence-corrected chi connectivity index (χ3v) is 4.34. The number of aromatic carboxylic acids is 1. The summed E-state index contributed by atoms with van der Waals surface area (Å²) < 4.78 is 42.9. The summed E-state index contributed by atoms with van der Waals surface area (Å²) in [5.41, 5.74) is 0.467. The van der Waals surface area contributed by atoms with Gasteiger partial charge in [-0.1, -0.05) is 0 Å². The number of fused-ring (bicyclic) bond motifs is 1. The fourth-order valence-corrected chi connectivity index (χ4v) is 3.17. The molecule has 0 saturated carbocycles. The predicted octanol–water partition coefficient (Wildman–Crippen LogP) is 2.44. The number of aromatic nitrogens is 3. The molecule has 0 spiro atoms. The summed E-state index contributed by atoms with van der Waals surface area (Å²) in [7, 11) is -3.34. The molecule has 0 amide bonds. The van der Waals surface area contributed by atoms with Gasteiger partial charge in [-0.25, -0.2) is 22.6 Å². The van der Waals surface area contributed by atoms with Crippen molar-refractivity contribution in [1.29, 1.82) is 0 Å². The van der Waals surface area contributed by atoms with Crippen LogP contribution in [-0.4, -0.2) is 40.7 Å². The van der Waals surface area contributed by atoms with Gasteiger partial charge >= 0.3 is 5.97 Å². The van der Waals surface area contributed by atoms with E-state index in [-0.39, 0.29) is 34.2 Å². The number of nitrogens with zero attached hydrogens (tertiary/aromatic N) is 2. The van der Waals surface area contributed by atoms with Crippen molar-refractivity contribution in [2.75, 3.05) is 6.26 Å². The van der Waals surface area contributed by atoms with Gasteiger partial charge in [0.05, 0.1) is 10.9 Å². The highest BCUT2D eigenvalue weighted by atomic mass is 32.2. The van der Waals surface area contributed by atoms with Crippen LogP contribution >= 0.6 is 0 Å². The number of H-pyrrole nitrogens is 1. The lowest BCUT2D eigenvalue weighted by Gasteiger charge is -2.08. The van der Waals surface area contributed by atoms with Crippen LogP contribution in [0.1, 0.15) is 21.9 Å². The Hall–Kier alpha value is -3.01. The number of nitrogens with one attached hydrogen (secondary N) is 1. The largest absolute Gasteiger partial charge is 0.478 e. The van der Waals surface area contributed by atoms with E-state index in [0.29, 0.717) is 11.2 Å². The molecule has 0 aliphatic rings. The van der Waals surface area contributed by atoms with E-state index in [1.807, 2.05) is 0 Å². The van der Waals surface area contributed by atoms with Gasteiger partial charge in [0.25, 0.3) is 0 Å². The second-order valence-corrected chi connectivity index (χ2v) is 7.85. The average molecular weight is 379 g/mol. The van der Waals surface area contributed by atoms with Crippen molar-refractivity contribution in [1.82, 2.24) is 15.0 Å². The molecule has 0 bridgehead atoms. The first-order valence-electron chi connectivity index (χ1n) is 7.37. The van der Waals surface area contributed by atoms with Gasteiger partial charge in [-0.05, 0) is 19.1 Å². The highest BCUT2D eigenvalue weighted by molar-refractivity contribution is 7.89. The summed E-state index contributed by atoms with van der Waals surface area (Å²) in [6, 6.07) is 4.17. The van der Waals surface area contributed by atoms with Crippen molar-refractivity contribution in [2.45, 2.75) is 12.7 Å². The molecule has 0 unspecified atom stereocenters. The number of halogens is 1. The molecule has 8 nitrogen and oxygen atoms in total. The zero-order chi connectivity index (χ0) is 19.1. The number of aromatic amines is 1. The quantitative estimate of drug-likeness (QED) is 0.698. The molecule has 0 aliphatic heterocycles. The van der Waals surface area contributed by atoms with E-state index in [9.17, 15) is 22.7 Å². The monoisotopic (exact) mass is 379 g/mol. The average Bonchev–Trinajstić information content (AvgIpc) is 2.86. The zero-order valence-corrected chi connectivity index (χ0v) is 14.6. The van der Waals surface area contributed by atoms with Crippen molar-refractivity contribution in [3.8, 4) is 11.6 Å². The molecule has 0 saturated heterocycles. The first-order chi connectivity index (χ1) is 12.2. The summed E-state index contributed by atoms with van der Waals surface area (Å²) in [4.78, 5) is 22.0. The molecule has 10 heteroatoms. The first-order valence-corrected chi connectivity index (χ1v) is 9.43. The lowest BCUT2D eigenvalue weighted by atomic mass is 10.1. The van der Waals surface area contributed by atoms with Crippen LogP contribution in [0, 0.1) is 12.7 Å². The number of carbonyl (C=O) groups is 1. The maximum atomic E-state index is 14.8. The van der Waals surface area contributed by atoms with Gasteiger partial charge in [-0.2, -0.15) is 4.98 Å². The van der Waals surface area contributed by atoms with Crippen molar-refractivity contribution < 1.29 is 27.4 Å². The van der Waals surface area contributed by atoms with Crippen molar-refractivity contribution >= 4 is 26.7 Å². The first kappa shape index (κ1) is 17.8. The van der Waals surface area contributed by atoms with Gasteiger partial charge in [0.2, 0.25) is 5.88 Å². The molecule has 3 aromatic rings. The fraction of sp³-hybridized carbons (Fsp3) is 0.188. The molecule has 2 N–H and O–H groups in total. The standard InChI is InChI=1S/C16H14FN3O5S/c1-8-13(16(21)22)14-9(19-8)3-4-10(15(14)17)25-12-5-6-18-11(20-12)7-26(2,23)24/h3-6,19H,7H2,1-2H3,(H,21,22). The summed E-state index contributed by atoms with van der Waals surface area (Å²) in [5.74, 6) is -2.78. The number of hydrogen-bond donors (Lipinski definition) is 2. The molecular weight excluding hydrogens is 365 g/mol. The summed E-state index contributed by atoms with van der Waals surface area (Å²) >= 11 is 0. The van der Waals surface area contributed by atoms with E-state index in [2.05, 4.69) is 15.0 Å². The number of hydrogen-bond acceptors (Lipinski definition) is 6. The Morgan fingerprint density at radius 1 is 1.35 bits per heavy atom. The topological polar surface area (TPSA) is 122 Å². The Morgan fingerprint density at radius 3 is 2.73 bits per heavy atom. The maximum Gasteiger partial charge on any atom is 0.338 e. The maximum absolute atomic E-state index is 14.8. The minimum atomic E-state index is -3.34. The molecule has 2 heterocycles. The van der Waals surface area contributed by atoms with Crippen LogP contribution in [0.2, 0.25) is 0 Å². The van der Waals surface area contributed by atoms with E-state index >= 15 is 0 Å². The lowest BCUT2D eigenvalue weighted by molar-refractivity contribution is 0.0698. The molecule has 0 atom stereocenters. The molecule has 0 radical (unpaired) electrons. The van der Waals surface area contributed by atoms with Crippen LogP contribution in [0.4, 0.5) is 4.39 Å². The van der Waals surface area contributed by atoms with Gasteiger partial charge < -0.3 is 14.8 Å². The highest BCUT2D eigenvalue weighted by Gasteiger charge is 2.21. The highest BCUT2D eigenvalue weighted by Crippen LogP contribution is 2.32. The summed E-state index contributed by atoms with van der Waals surface area (Å²) in [6.07, 6.45) is 2.33. The number of aryl methyl sites for hydroxylation is 1. The number of rotatable bonds is 5. The SMILES string of the molecule is Cc1[nH]c2ccc(Oc3ccnc(CS(C)(=O)=O)n3)c(F)c2c1C(=O)O. The van der Waals surface area contributed by atoms with E-state index in [1.54, 1.807) is 0 Å². The van der Waals surface area contributed by atoms with Gasteiger partial charge in [-0.15, -0.1) is 0 Å². The summed E-state index contributed by atoms with van der Waals surface area (Å²) in [6.45, 7) is 1.53.